The average Bonchev–Trinajstić information content (AvgIpc) is 3.02. The van der Waals surface area contributed by atoms with Gasteiger partial charge in [-0.3, -0.25) is 4.57 Å². The molecule has 0 aliphatic carbocycles. The normalized spacial score (nSPS) is 23.8. The highest BCUT2D eigenvalue weighted by Crippen LogP contribution is 2.36. The Morgan fingerprint density at radius 3 is 2.90 bits per heavy atom. The van der Waals surface area contributed by atoms with Crippen molar-refractivity contribution in [1.82, 2.24) is 4.57 Å². The molecule has 0 saturated carbocycles. The molecule has 0 radical (unpaired) electrons. The van der Waals surface area contributed by atoms with E-state index in [4.69, 9.17) is 9.15 Å². The highest BCUT2D eigenvalue weighted by molar-refractivity contribution is 9.09. The van der Waals surface area contributed by atoms with E-state index in [-0.39, 0.29) is 16.7 Å². The van der Waals surface area contributed by atoms with Crippen LogP contribution in [0, 0.1) is 0 Å². The topological polar surface area (TPSA) is 44.4 Å². The molecule has 4 nitrogen and oxygen atoms in total. The highest BCUT2D eigenvalue weighted by Gasteiger charge is 2.29. The van der Waals surface area contributed by atoms with Gasteiger partial charge in [0.1, 0.15) is 0 Å². The highest BCUT2D eigenvalue weighted by atomic mass is 79.9. The number of hydrogen-bond donors (Lipinski definition) is 0. The minimum Gasteiger partial charge on any atom is -0.408 e. The van der Waals surface area contributed by atoms with Gasteiger partial charge >= 0.3 is 5.76 Å². The van der Waals surface area contributed by atoms with Crippen LogP contribution in [0.15, 0.2) is 27.4 Å². The summed E-state index contributed by atoms with van der Waals surface area (Å²) in [4.78, 5) is 12.0. The molecular formula is C16H20BrNO3. The van der Waals surface area contributed by atoms with Crippen molar-refractivity contribution < 1.29 is 9.15 Å². The van der Waals surface area contributed by atoms with E-state index in [1.54, 1.807) is 4.57 Å². The van der Waals surface area contributed by atoms with Crippen LogP contribution in [0.25, 0.3) is 11.1 Å². The van der Waals surface area contributed by atoms with Gasteiger partial charge in [-0.25, -0.2) is 4.79 Å². The zero-order valence-corrected chi connectivity index (χ0v) is 13.9. The zero-order valence-electron chi connectivity index (χ0n) is 12.3. The van der Waals surface area contributed by atoms with Crippen molar-refractivity contribution in [2.45, 2.75) is 56.7 Å². The summed E-state index contributed by atoms with van der Waals surface area (Å²) in [6.45, 7) is 4.84. The molecule has 1 aliphatic heterocycles. The number of aryl methyl sites for hydroxylation is 1. The molecule has 0 bridgehead atoms. The minimum atomic E-state index is -0.277. The van der Waals surface area contributed by atoms with Crippen LogP contribution in [0.2, 0.25) is 0 Å². The van der Waals surface area contributed by atoms with E-state index in [1.165, 1.54) is 0 Å². The lowest BCUT2D eigenvalue weighted by molar-refractivity contribution is 0.0557. The molecule has 1 fully saturated rings. The van der Waals surface area contributed by atoms with Crippen LogP contribution in [0.3, 0.4) is 0 Å². The van der Waals surface area contributed by atoms with Gasteiger partial charge in [-0.1, -0.05) is 28.9 Å². The lowest BCUT2D eigenvalue weighted by Gasteiger charge is -2.18. The number of benzene rings is 1. The van der Waals surface area contributed by atoms with Crippen molar-refractivity contribution in [2.75, 3.05) is 0 Å². The molecule has 0 N–H and O–H groups in total. The van der Waals surface area contributed by atoms with Crippen molar-refractivity contribution in [3.63, 3.8) is 0 Å². The molecule has 1 saturated heterocycles. The first-order valence-corrected chi connectivity index (χ1v) is 8.44. The van der Waals surface area contributed by atoms with Crippen LogP contribution in [0.4, 0.5) is 0 Å². The Morgan fingerprint density at radius 1 is 1.43 bits per heavy atom. The number of halogens is 1. The van der Waals surface area contributed by atoms with Gasteiger partial charge in [0, 0.05) is 6.54 Å². The van der Waals surface area contributed by atoms with Crippen LogP contribution in [-0.2, 0) is 11.3 Å². The summed E-state index contributed by atoms with van der Waals surface area (Å²) in [7, 11) is 0. The van der Waals surface area contributed by atoms with E-state index < -0.39 is 0 Å². The number of rotatable bonds is 4. The molecule has 5 heteroatoms. The maximum absolute atomic E-state index is 11.9. The van der Waals surface area contributed by atoms with E-state index in [0.29, 0.717) is 18.2 Å². The third-order valence-corrected chi connectivity index (χ3v) is 5.17. The van der Waals surface area contributed by atoms with E-state index in [0.717, 1.165) is 30.3 Å². The summed E-state index contributed by atoms with van der Waals surface area (Å²) in [6, 6.07) is 5.97. The number of ether oxygens (including phenoxy) is 1. The Kier molecular flexibility index (Phi) is 4.22. The lowest BCUT2D eigenvalue weighted by atomic mass is 10.0. The second kappa shape index (κ2) is 5.97. The molecule has 114 valence electrons. The standard InChI is InChI=1S/C16H20BrNO3/c1-3-8-18-12-6-5-11(9-14(12)21-16(18)19)15(17)13-7-4-10(2)20-13/h5-6,9-10,13,15H,3-4,7-8H2,1-2H3. The van der Waals surface area contributed by atoms with Crippen molar-refractivity contribution in [3.8, 4) is 0 Å². The second-order valence-electron chi connectivity index (χ2n) is 5.71. The van der Waals surface area contributed by atoms with Gasteiger partial charge in [-0.2, -0.15) is 0 Å². The Morgan fingerprint density at radius 2 is 2.24 bits per heavy atom. The van der Waals surface area contributed by atoms with E-state index >= 15 is 0 Å². The van der Waals surface area contributed by atoms with E-state index in [2.05, 4.69) is 28.9 Å². The molecule has 2 heterocycles. The summed E-state index contributed by atoms with van der Waals surface area (Å²) >= 11 is 3.73. The molecule has 3 unspecified atom stereocenters. The quantitative estimate of drug-likeness (QED) is 0.780. The molecule has 1 aromatic carbocycles. The van der Waals surface area contributed by atoms with Crippen molar-refractivity contribution in [1.29, 1.82) is 0 Å². The van der Waals surface area contributed by atoms with E-state index in [9.17, 15) is 4.79 Å². The van der Waals surface area contributed by atoms with Gasteiger partial charge < -0.3 is 9.15 Å². The summed E-state index contributed by atoms with van der Waals surface area (Å²) in [5, 5.41) is 0. The third-order valence-electron chi connectivity index (χ3n) is 4.05. The Balaban J connectivity index is 1.92. The second-order valence-corrected chi connectivity index (χ2v) is 6.70. The first kappa shape index (κ1) is 14.9. The molecule has 21 heavy (non-hydrogen) atoms. The van der Waals surface area contributed by atoms with Gasteiger partial charge in [0.05, 0.1) is 22.6 Å². The molecular weight excluding hydrogens is 334 g/mol. The van der Waals surface area contributed by atoms with Crippen LogP contribution in [0.1, 0.15) is 43.5 Å². The lowest BCUT2D eigenvalue weighted by Crippen LogP contribution is -2.14. The number of hydrogen-bond acceptors (Lipinski definition) is 3. The zero-order chi connectivity index (χ0) is 15.0. The predicted octanol–water partition coefficient (Wildman–Crippen LogP) is 4.01. The molecule has 0 spiro atoms. The molecule has 3 rings (SSSR count). The van der Waals surface area contributed by atoms with Gasteiger partial charge in [0.2, 0.25) is 0 Å². The number of fused-ring (bicyclic) bond motifs is 1. The van der Waals surface area contributed by atoms with Crippen LogP contribution >= 0.6 is 15.9 Å². The van der Waals surface area contributed by atoms with Crippen LogP contribution in [-0.4, -0.2) is 16.8 Å². The van der Waals surface area contributed by atoms with Crippen molar-refractivity contribution >= 4 is 27.0 Å². The molecule has 3 atom stereocenters. The van der Waals surface area contributed by atoms with Crippen LogP contribution in [0.5, 0.6) is 0 Å². The molecule has 0 amide bonds. The fourth-order valence-corrected chi connectivity index (χ4v) is 3.63. The SMILES string of the molecule is CCCn1c(=O)oc2cc(C(Br)C3CCC(C)O3)ccc21. The number of nitrogens with zero attached hydrogens (tertiary/aromatic N) is 1. The van der Waals surface area contributed by atoms with Gasteiger partial charge in [-0.15, -0.1) is 0 Å². The monoisotopic (exact) mass is 353 g/mol. The van der Waals surface area contributed by atoms with E-state index in [1.807, 2.05) is 19.1 Å². The maximum Gasteiger partial charge on any atom is 0.419 e. The molecule has 1 aromatic heterocycles. The first-order chi connectivity index (χ1) is 10.1. The Labute approximate surface area is 132 Å². The van der Waals surface area contributed by atoms with Gasteiger partial charge in [0.25, 0.3) is 0 Å². The first-order valence-electron chi connectivity index (χ1n) is 7.53. The summed E-state index contributed by atoms with van der Waals surface area (Å²) in [5.74, 6) is -0.277. The Hall–Kier alpha value is -1.07. The molecule has 1 aliphatic rings. The molecule has 2 aromatic rings. The fourth-order valence-electron chi connectivity index (χ4n) is 2.95. The summed E-state index contributed by atoms with van der Waals surface area (Å²) in [6.07, 6.45) is 3.56. The number of alkyl halides is 1. The van der Waals surface area contributed by atoms with Gasteiger partial charge in [0.15, 0.2) is 5.58 Å². The number of oxazole rings is 1. The fraction of sp³-hybridized carbons (Fsp3) is 0.562. The minimum absolute atomic E-state index is 0.131. The largest absolute Gasteiger partial charge is 0.419 e. The third kappa shape index (κ3) is 2.81. The van der Waals surface area contributed by atoms with Crippen molar-refractivity contribution in [2.24, 2.45) is 0 Å². The summed E-state index contributed by atoms with van der Waals surface area (Å²) < 4.78 is 13.0. The number of aromatic nitrogens is 1. The van der Waals surface area contributed by atoms with Gasteiger partial charge in [-0.05, 0) is 43.9 Å². The predicted molar refractivity (Wildman–Crippen MR) is 86.0 cm³/mol. The Bertz CT molecular complexity index is 690. The van der Waals surface area contributed by atoms with Crippen molar-refractivity contribution in [3.05, 3.63) is 34.3 Å². The maximum atomic E-state index is 11.9. The smallest absolute Gasteiger partial charge is 0.408 e. The van der Waals surface area contributed by atoms with Crippen LogP contribution < -0.4 is 5.76 Å². The average molecular weight is 354 g/mol. The summed E-state index contributed by atoms with van der Waals surface area (Å²) in [5.41, 5.74) is 2.62.